The number of benzene rings is 2. The first-order valence-corrected chi connectivity index (χ1v) is 8.68. The van der Waals surface area contributed by atoms with Gasteiger partial charge in [-0.1, -0.05) is 29.8 Å². The number of fused-ring (bicyclic) bond motifs is 2. The number of hydrogen-bond acceptors (Lipinski definition) is 3. The molecule has 0 unspecified atom stereocenters. The second-order valence-electron chi connectivity index (χ2n) is 6.38. The van der Waals surface area contributed by atoms with Gasteiger partial charge in [0.2, 0.25) is 5.91 Å². The number of carbonyl (C=O) groups is 1. The van der Waals surface area contributed by atoms with Crippen LogP contribution in [0.5, 0.6) is 5.75 Å². The Morgan fingerprint density at radius 2 is 2.08 bits per heavy atom. The molecule has 2 heterocycles. The van der Waals surface area contributed by atoms with Crippen LogP contribution in [0.25, 0.3) is 11.0 Å². The molecule has 25 heavy (non-hydrogen) atoms. The number of amides is 1. The zero-order valence-corrected chi connectivity index (χ0v) is 14.5. The Kier molecular flexibility index (Phi) is 4.14. The minimum Gasteiger partial charge on any atom is -0.492 e. The molecule has 0 spiro atoms. The Morgan fingerprint density at radius 3 is 2.92 bits per heavy atom. The van der Waals surface area contributed by atoms with Crippen LogP contribution in [0.2, 0.25) is 5.02 Å². The molecule has 0 saturated carbocycles. The number of rotatable bonds is 3. The molecule has 1 aliphatic rings. The van der Waals surface area contributed by atoms with E-state index in [1.54, 1.807) is 6.07 Å². The molecule has 4 rings (SSSR count). The van der Waals surface area contributed by atoms with Crippen molar-refractivity contribution in [3.8, 4) is 5.75 Å². The lowest BCUT2D eigenvalue weighted by atomic mass is 9.95. The second kappa shape index (κ2) is 6.45. The summed E-state index contributed by atoms with van der Waals surface area (Å²) < 4.78 is 11.5. The first-order valence-electron chi connectivity index (χ1n) is 8.30. The number of halogens is 1. The Morgan fingerprint density at radius 1 is 1.24 bits per heavy atom. The summed E-state index contributed by atoms with van der Waals surface area (Å²) in [5.74, 6) is 1.27. The SMILES string of the molecule is C[C@H](NC(=O)[C@@H]1COc2ccc(Cl)cc2C1)c1cc2ccccc2o1. The zero-order valence-electron chi connectivity index (χ0n) is 13.8. The second-order valence-corrected chi connectivity index (χ2v) is 6.82. The van der Waals surface area contributed by atoms with Crippen LogP contribution in [0.3, 0.4) is 0 Å². The lowest BCUT2D eigenvalue weighted by molar-refractivity contribution is -0.127. The van der Waals surface area contributed by atoms with Gasteiger partial charge in [-0.15, -0.1) is 0 Å². The van der Waals surface area contributed by atoms with Gasteiger partial charge in [0.1, 0.15) is 23.7 Å². The monoisotopic (exact) mass is 355 g/mol. The van der Waals surface area contributed by atoms with E-state index in [9.17, 15) is 4.79 Å². The van der Waals surface area contributed by atoms with Gasteiger partial charge in [-0.25, -0.2) is 0 Å². The molecule has 0 fully saturated rings. The molecule has 1 aromatic heterocycles. The minimum atomic E-state index is -0.238. The van der Waals surface area contributed by atoms with Crippen LogP contribution < -0.4 is 10.1 Å². The molecule has 2 atom stereocenters. The van der Waals surface area contributed by atoms with Gasteiger partial charge in [-0.05, 0) is 49.2 Å². The summed E-state index contributed by atoms with van der Waals surface area (Å²) in [7, 11) is 0. The van der Waals surface area contributed by atoms with Crippen LogP contribution >= 0.6 is 11.6 Å². The van der Waals surface area contributed by atoms with E-state index in [1.165, 1.54) is 0 Å². The van der Waals surface area contributed by atoms with Crippen LogP contribution in [0.1, 0.15) is 24.3 Å². The third kappa shape index (κ3) is 3.22. The quantitative estimate of drug-likeness (QED) is 0.751. The number of carbonyl (C=O) groups excluding carboxylic acids is 1. The highest BCUT2D eigenvalue weighted by molar-refractivity contribution is 6.30. The van der Waals surface area contributed by atoms with Crippen molar-refractivity contribution in [1.82, 2.24) is 5.32 Å². The maximum Gasteiger partial charge on any atom is 0.227 e. The summed E-state index contributed by atoms with van der Waals surface area (Å²) in [5.41, 5.74) is 1.79. The molecule has 0 saturated heterocycles. The van der Waals surface area contributed by atoms with Gasteiger partial charge in [0.25, 0.3) is 0 Å². The molecule has 4 nitrogen and oxygen atoms in total. The van der Waals surface area contributed by atoms with Crippen molar-refractivity contribution in [3.05, 3.63) is 64.9 Å². The van der Waals surface area contributed by atoms with Gasteiger partial charge < -0.3 is 14.5 Å². The number of para-hydroxylation sites is 1. The maximum absolute atomic E-state index is 12.6. The lowest BCUT2D eigenvalue weighted by Gasteiger charge is -2.25. The van der Waals surface area contributed by atoms with E-state index in [-0.39, 0.29) is 17.9 Å². The number of hydrogen-bond donors (Lipinski definition) is 1. The molecule has 1 amide bonds. The van der Waals surface area contributed by atoms with E-state index in [4.69, 9.17) is 20.8 Å². The average molecular weight is 356 g/mol. The molecule has 1 aliphatic heterocycles. The predicted octanol–water partition coefficient (Wildman–Crippen LogP) is 4.51. The van der Waals surface area contributed by atoms with Gasteiger partial charge in [-0.3, -0.25) is 4.79 Å². The molecule has 5 heteroatoms. The van der Waals surface area contributed by atoms with Crippen LogP contribution in [-0.2, 0) is 11.2 Å². The minimum absolute atomic E-state index is 0.0430. The highest BCUT2D eigenvalue weighted by Gasteiger charge is 2.27. The first kappa shape index (κ1) is 16.0. The Bertz CT molecular complexity index is 901. The van der Waals surface area contributed by atoms with Gasteiger partial charge in [0, 0.05) is 10.4 Å². The molecule has 1 N–H and O–H groups in total. The first-order chi connectivity index (χ1) is 12.1. The Balaban J connectivity index is 1.46. The van der Waals surface area contributed by atoms with Gasteiger partial charge in [0.15, 0.2) is 0 Å². The maximum atomic E-state index is 12.6. The third-order valence-electron chi connectivity index (χ3n) is 4.53. The summed E-state index contributed by atoms with van der Waals surface area (Å²) >= 11 is 6.04. The van der Waals surface area contributed by atoms with Crippen molar-refractivity contribution in [1.29, 1.82) is 0 Å². The van der Waals surface area contributed by atoms with Crippen LogP contribution in [0, 0.1) is 5.92 Å². The summed E-state index contributed by atoms with van der Waals surface area (Å²) in [5, 5.41) is 4.71. The van der Waals surface area contributed by atoms with E-state index in [0.717, 1.165) is 28.0 Å². The van der Waals surface area contributed by atoms with Crippen LogP contribution in [0.15, 0.2) is 52.9 Å². The number of nitrogens with one attached hydrogen (secondary N) is 1. The van der Waals surface area contributed by atoms with Gasteiger partial charge in [-0.2, -0.15) is 0 Å². The smallest absolute Gasteiger partial charge is 0.227 e. The van der Waals surface area contributed by atoms with Crippen molar-refractivity contribution in [2.75, 3.05) is 6.61 Å². The standard InChI is InChI=1S/C20H18ClNO3/c1-12(19-10-13-4-2-3-5-18(13)25-19)22-20(23)15-8-14-9-16(21)6-7-17(14)24-11-15/h2-7,9-10,12,15H,8,11H2,1H3,(H,22,23)/t12-,15-/m0/s1. The fourth-order valence-corrected chi connectivity index (χ4v) is 3.34. The summed E-state index contributed by atoms with van der Waals surface area (Å²) in [6.07, 6.45) is 0.620. The van der Waals surface area contributed by atoms with E-state index in [1.807, 2.05) is 49.4 Å². The Hall–Kier alpha value is -2.46. The van der Waals surface area contributed by atoms with E-state index >= 15 is 0 Å². The third-order valence-corrected chi connectivity index (χ3v) is 4.76. The fraction of sp³-hybridized carbons (Fsp3) is 0.250. The molecular formula is C20H18ClNO3. The summed E-state index contributed by atoms with van der Waals surface area (Å²) in [6, 6.07) is 15.1. The van der Waals surface area contributed by atoms with E-state index < -0.39 is 0 Å². The van der Waals surface area contributed by atoms with Crippen molar-refractivity contribution >= 4 is 28.5 Å². The Labute approximate surface area is 150 Å². The molecule has 128 valence electrons. The lowest BCUT2D eigenvalue weighted by Crippen LogP contribution is -2.38. The zero-order chi connectivity index (χ0) is 17.4. The molecule has 0 bridgehead atoms. The fourth-order valence-electron chi connectivity index (χ4n) is 3.15. The van der Waals surface area contributed by atoms with Gasteiger partial charge in [0.05, 0.1) is 12.0 Å². The van der Waals surface area contributed by atoms with E-state index in [2.05, 4.69) is 5.32 Å². The van der Waals surface area contributed by atoms with Crippen molar-refractivity contribution < 1.29 is 13.9 Å². The topological polar surface area (TPSA) is 51.5 Å². The molecule has 2 aromatic carbocycles. The number of furan rings is 1. The molecule has 3 aromatic rings. The van der Waals surface area contributed by atoms with Crippen molar-refractivity contribution in [3.63, 3.8) is 0 Å². The predicted molar refractivity (Wildman–Crippen MR) is 96.9 cm³/mol. The van der Waals surface area contributed by atoms with Crippen molar-refractivity contribution in [2.45, 2.75) is 19.4 Å². The van der Waals surface area contributed by atoms with Gasteiger partial charge >= 0.3 is 0 Å². The van der Waals surface area contributed by atoms with E-state index in [0.29, 0.717) is 18.1 Å². The largest absolute Gasteiger partial charge is 0.492 e. The van der Waals surface area contributed by atoms with Crippen molar-refractivity contribution in [2.24, 2.45) is 5.92 Å². The number of ether oxygens (including phenoxy) is 1. The normalized spacial score (nSPS) is 17.6. The average Bonchev–Trinajstić information content (AvgIpc) is 3.05. The van der Waals surface area contributed by atoms with Crippen LogP contribution in [0.4, 0.5) is 0 Å². The van der Waals surface area contributed by atoms with Crippen LogP contribution in [-0.4, -0.2) is 12.5 Å². The highest BCUT2D eigenvalue weighted by Crippen LogP contribution is 2.30. The molecule has 0 aliphatic carbocycles. The molecular weight excluding hydrogens is 338 g/mol. The summed E-state index contributed by atoms with van der Waals surface area (Å²) in [6.45, 7) is 2.29. The molecule has 0 radical (unpaired) electrons. The summed E-state index contributed by atoms with van der Waals surface area (Å²) in [4.78, 5) is 12.6. The highest BCUT2D eigenvalue weighted by atomic mass is 35.5.